The van der Waals surface area contributed by atoms with Crippen molar-refractivity contribution in [2.75, 3.05) is 14.2 Å². The summed E-state index contributed by atoms with van der Waals surface area (Å²) in [4.78, 5) is 43.6. The smallest absolute Gasteiger partial charge is 0.244 e. The van der Waals surface area contributed by atoms with Crippen molar-refractivity contribution in [2.45, 2.75) is 18.8 Å². The second-order valence-corrected chi connectivity index (χ2v) is 13.5. The van der Waals surface area contributed by atoms with Crippen LogP contribution < -0.4 is 20.1 Å². The van der Waals surface area contributed by atoms with E-state index in [-0.39, 0.29) is 11.0 Å². The third-order valence-corrected chi connectivity index (χ3v) is 10.1. The van der Waals surface area contributed by atoms with Crippen molar-refractivity contribution in [3.63, 3.8) is 0 Å². The molecule has 0 radical (unpaired) electrons. The van der Waals surface area contributed by atoms with Crippen LogP contribution in [-0.2, 0) is 9.59 Å². The first-order chi connectivity index (χ1) is 24.6. The van der Waals surface area contributed by atoms with Crippen LogP contribution in [0.1, 0.15) is 51.5 Å². The highest BCUT2D eigenvalue weighted by Gasteiger charge is 2.65. The van der Waals surface area contributed by atoms with Gasteiger partial charge in [0.1, 0.15) is 11.5 Å². The number of thiocarbonyl (C=S) groups is 1. The van der Waals surface area contributed by atoms with E-state index in [1.165, 1.54) is 11.6 Å². The molecule has 1 aliphatic carbocycles. The fourth-order valence-corrected chi connectivity index (χ4v) is 7.67. The Morgan fingerprint density at radius 2 is 1.27 bits per heavy atom. The molecule has 2 aliphatic rings. The Hall–Kier alpha value is -5.29. The molecule has 2 atom stereocenters. The third-order valence-electron chi connectivity index (χ3n) is 9.42. The molecule has 2 unspecified atom stereocenters. The second kappa shape index (κ2) is 13.4. The molecule has 0 saturated carbocycles. The van der Waals surface area contributed by atoms with Gasteiger partial charge in [-0.25, -0.2) is 0 Å². The van der Waals surface area contributed by atoms with Gasteiger partial charge in [0.05, 0.1) is 25.6 Å². The number of amides is 2. The van der Waals surface area contributed by atoms with Crippen molar-refractivity contribution in [2.24, 2.45) is 5.41 Å². The summed E-state index contributed by atoms with van der Waals surface area (Å²) in [6.07, 6.45) is 1.88. The lowest BCUT2D eigenvalue weighted by atomic mass is 9.52. The predicted molar refractivity (Wildman–Crippen MR) is 200 cm³/mol. The Morgan fingerprint density at radius 1 is 0.784 bits per heavy atom. The molecular formula is C39H30Cl2N4O5S. The Kier molecular flexibility index (Phi) is 9.01. The van der Waals surface area contributed by atoms with Crippen molar-refractivity contribution >= 4 is 69.9 Å². The van der Waals surface area contributed by atoms with E-state index < -0.39 is 29.1 Å². The molecular weight excluding hydrogens is 707 g/mol. The molecule has 9 nitrogen and oxygen atoms in total. The lowest BCUT2D eigenvalue weighted by molar-refractivity contribution is -0.145. The average molecular weight is 738 g/mol. The number of hydrogen-bond acceptors (Lipinski definition) is 7. The van der Waals surface area contributed by atoms with E-state index in [0.717, 1.165) is 5.56 Å². The maximum Gasteiger partial charge on any atom is 0.244 e. The molecule has 2 N–H and O–H groups in total. The van der Waals surface area contributed by atoms with E-state index in [2.05, 4.69) is 10.6 Å². The lowest BCUT2D eigenvalue weighted by Gasteiger charge is -2.49. The Bertz CT molecular complexity index is 2210. The molecule has 256 valence electrons. The molecule has 0 bridgehead atoms. The van der Waals surface area contributed by atoms with E-state index in [0.29, 0.717) is 60.8 Å². The number of rotatable bonds is 6. The van der Waals surface area contributed by atoms with Crippen LogP contribution in [0.4, 0.5) is 0 Å². The number of fused-ring (bicyclic) bond motifs is 1. The van der Waals surface area contributed by atoms with E-state index >= 15 is 9.59 Å². The number of nitrogens with zero attached hydrogens (tertiary/aromatic N) is 2. The summed E-state index contributed by atoms with van der Waals surface area (Å²) in [6, 6.07) is 28.5. The number of ether oxygens (including phenoxy) is 2. The van der Waals surface area contributed by atoms with Gasteiger partial charge in [-0.15, -0.1) is 0 Å². The number of aromatic nitrogens is 2. The summed E-state index contributed by atoms with van der Waals surface area (Å²) in [6.45, 7) is 1.41. The fraction of sp³-hybridized carbons (Fsp3) is 0.154. The van der Waals surface area contributed by atoms with Gasteiger partial charge in [-0.2, -0.15) is 9.78 Å². The highest BCUT2D eigenvalue weighted by molar-refractivity contribution is 7.80. The summed E-state index contributed by atoms with van der Waals surface area (Å²) >= 11 is 18.0. The minimum absolute atomic E-state index is 0.107. The molecule has 1 saturated heterocycles. The van der Waals surface area contributed by atoms with E-state index in [1.54, 1.807) is 74.9 Å². The molecule has 7 rings (SSSR count). The molecule has 12 heteroatoms. The SMILES string of the molecule is COc1ccc(C2/C(=C/c3ccc(Cl)cc3)c3nn(C(C)=O)c(-c4ccc(Cl)cc4)c3C(c3ccc(OC)cc3)C23C(=O)NC(=S)NC3=O)cc1. The number of benzene rings is 4. The maximum absolute atomic E-state index is 15.0. The Morgan fingerprint density at radius 3 is 1.76 bits per heavy atom. The van der Waals surface area contributed by atoms with Crippen LogP contribution in [0.15, 0.2) is 97.1 Å². The third kappa shape index (κ3) is 5.79. The van der Waals surface area contributed by atoms with Gasteiger partial charge in [0.2, 0.25) is 17.7 Å². The summed E-state index contributed by atoms with van der Waals surface area (Å²) in [7, 11) is 3.12. The Balaban J connectivity index is 1.69. The van der Waals surface area contributed by atoms with Crippen LogP contribution >= 0.6 is 35.4 Å². The topological polar surface area (TPSA) is 112 Å². The molecule has 5 aromatic rings. The van der Waals surface area contributed by atoms with Gasteiger partial charge < -0.3 is 20.1 Å². The fourth-order valence-electron chi connectivity index (χ4n) is 7.23. The van der Waals surface area contributed by atoms with Crippen molar-refractivity contribution in [1.82, 2.24) is 20.4 Å². The van der Waals surface area contributed by atoms with Gasteiger partial charge >= 0.3 is 0 Å². The predicted octanol–water partition coefficient (Wildman–Crippen LogP) is 7.52. The highest BCUT2D eigenvalue weighted by Crippen LogP contribution is 2.63. The molecule has 1 aliphatic heterocycles. The summed E-state index contributed by atoms with van der Waals surface area (Å²) < 4.78 is 12.3. The van der Waals surface area contributed by atoms with Crippen LogP contribution in [-0.4, -0.2) is 46.8 Å². The molecule has 2 heterocycles. The number of allylic oxidation sites excluding steroid dienone is 1. The molecule has 1 fully saturated rings. The van der Waals surface area contributed by atoms with Crippen LogP contribution in [0, 0.1) is 5.41 Å². The molecule has 51 heavy (non-hydrogen) atoms. The van der Waals surface area contributed by atoms with Crippen molar-refractivity contribution < 1.29 is 23.9 Å². The van der Waals surface area contributed by atoms with E-state index in [1.807, 2.05) is 42.5 Å². The number of nitrogens with one attached hydrogen (secondary N) is 2. The van der Waals surface area contributed by atoms with Crippen LogP contribution in [0.2, 0.25) is 10.0 Å². The normalized spacial score (nSPS) is 18.6. The summed E-state index contributed by atoms with van der Waals surface area (Å²) in [5.41, 5.74) is 2.54. The zero-order valence-electron chi connectivity index (χ0n) is 27.6. The van der Waals surface area contributed by atoms with Gasteiger partial charge in [0.25, 0.3) is 0 Å². The standard InChI is InChI=1S/C39H30Cl2N4O5S/c1-21(46)45-35(25-6-14-27(41)15-7-25)31-33(24-10-18-29(50-3)19-11-24)39(36(47)42-38(51)43-37(39)48)32(23-8-16-28(49-2)17-9-23)30(34(31)44-45)20-22-4-12-26(40)13-5-22/h4-20,32-33H,1-3H3,(H2,42,43,47,48,51)/b30-20-. The van der Waals surface area contributed by atoms with Gasteiger partial charge in [-0.3, -0.25) is 14.4 Å². The van der Waals surface area contributed by atoms with Gasteiger partial charge in [-0.05, 0) is 89.1 Å². The minimum Gasteiger partial charge on any atom is -0.497 e. The first kappa shape index (κ1) is 34.2. The van der Waals surface area contributed by atoms with Crippen molar-refractivity contribution in [1.29, 1.82) is 0 Å². The number of carbonyl (C=O) groups excluding carboxylic acids is 3. The average Bonchev–Trinajstić information content (AvgIpc) is 3.52. The molecule has 1 aromatic heterocycles. The van der Waals surface area contributed by atoms with E-state index in [9.17, 15) is 4.79 Å². The lowest BCUT2D eigenvalue weighted by Crippen LogP contribution is -2.67. The minimum atomic E-state index is -1.91. The number of halogens is 2. The van der Waals surface area contributed by atoms with Crippen LogP contribution in [0.3, 0.4) is 0 Å². The molecule has 2 amide bonds. The first-order valence-corrected chi connectivity index (χ1v) is 17.0. The molecule has 4 aromatic carbocycles. The van der Waals surface area contributed by atoms with Crippen LogP contribution in [0.5, 0.6) is 11.5 Å². The zero-order chi connectivity index (χ0) is 36.0. The zero-order valence-corrected chi connectivity index (χ0v) is 29.9. The first-order valence-electron chi connectivity index (χ1n) is 15.9. The van der Waals surface area contributed by atoms with Gasteiger partial charge in [0.15, 0.2) is 10.5 Å². The van der Waals surface area contributed by atoms with Crippen molar-refractivity contribution in [3.8, 4) is 22.8 Å². The van der Waals surface area contributed by atoms with E-state index in [4.69, 9.17) is 50.0 Å². The number of methoxy groups -OCH3 is 2. The van der Waals surface area contributed by atoms with Gasteiger partial charge in [0, 0.05) is 39.9 Å². The monoisotopic (exact) mass is 736 g/mol. The highest BCUT2D eigenvalue weighted by atomic mass is 35.5. The summed E-state index contributed by atoms with van der Waals surface area (Å²) in [5, 5.41) is 11.5. The molecule has 1 spiro atoms. The largest absolute Gasteiger partial charge is 0.497 e. The summed E-state index contributed by atoms with van der Waals surface area (Å²) in [5.74, 6) is -2.39. The number of hydrogen-bond donors (Lipinski definition) is 2. The van der Waals surface area contributed by atoms with Gasteiger partial charge in [-0.1, -0.05) is 71.7 Å². The second-order valence-electron chi connectivity index (χ2n) is 12.2. The quantitative estimate of drug-likeness (QED) is 0.137. The van der Waals surface area contributed by atoms with Crippen molar-refractivity contribution in [3.05, 3.63) is 135 Å². The number of carbonyl (C=O) groups is 3. The maximum atomic E-state index is 15.0. The van der Waals surface area contributed by atoms with Crippen LogP contribution in [0.25, 0.3) is 22.9 Å². The Labute approximate surface area is 309 Å².